The summed E-state index contributed by atoms with van der Waals surface area (Å²) in [6.07, 6.45) is 0. The van der Waals surface area contributed by atoms with Crippen LogP contribution in [0.5, 0.6) is 11.5 Å². The van der Waals surface area contributed by atoms with Crippen molar-refractivity contribution in [3.05, 3.63) is 58.9 Å². The van der Waals surface area contributed by atoms with Gasteiger partial charge in [-0.05, 0) is 31.2 Å². The van der Waals surface area contributed by atoms with Gasteiger partial charge in [0.05, 0.1) is 11.6 Å². The quantitative estimate of drug-likeness (QED) is 0.782. The van der Waals surface area contributed by atoms with Gasteiger partial charge in [0.25, 0.3) is 0 Å². The number of rotatable bonds is 4. The molecule has 0 unspecified atom stereocenters. The van der Waals surface area contributed by atoms with Crippen molar-refractivity contribution in [2.75, 3.05) is 6.61 Å². The van der Waals surface area contributed by atoms with Gasteiger partial charge in [-0.3, -0.25) is 0 Å². The van der Waals surface area contributed by atoms with Crippen molar-refractivity contribution < 1.29 is 18.7 Å². The fourth-order valence-corrected chi connectivity index (χ4v) is 1.78. The van der Waals surface area contributed by atoms with Crippen LogP contribution in [0.25, 0.3) is 0 Å². The second-order valence-electron chi connectivity index (χ2n) is 3.89. The first-order valence-corrected chi connectivity index (χ1v) is 6.38. The maximum Gasteiger partial charge on any atom is 0.341 e. The number of benzene rings is 2. The monoisotopic (exact) mass is 294 g/mol. The van der Waals surface area contributed by atoms with Crippen LogP contribution in [0.4, 0.5) is 4.39 Å². The highest BCUT2D eigenvalue weighted by Crippen LogP contribution is 2.31. The highest BCUT2D eigenvalue weighted by atomic mass is 35.5. The van der Waals surface area contributed by atoms with E-state index in [-0.39, 0.29) is 17.9 Å². The standard InChI is InChI=1S/C15H12ClFO3/c1-2-19-15(18)11-8-7-10(17)9-14(11)20-13-6-4-3-5-12(13)16/h3-9H,2H2,1H3. The first-order valence-electron chi connectivity index (χ1n) is 6.01. The number of carbonyl (C=O) groups is 1. The van der Waals surface area contributed by atoms with E-state index in [9.17, 15) is 9.18 Å². The summed E-state index contributed by atoms with van der Waals surface area (Å²) in [5, 5.41) is 0.367. The highest BCUT2D eigenvalue weighted by Gasteiger charge is 2.16. The van der Waals surface area contributed by atoms with Crippen molar-refractivity contribution in [1.82, 2.24) is 0 Å². The highest BCUT2D eigenvalue weighted by molar-refractivity contribution is 6.32. The summed E-state index contributed by atoms with van der Waals surface area (Å²) >= 11 is 5.97. The molecule has 0 saturated carbocycles. The molecule has 2 aromatic carbocycles. The van der Waals surface area contributed by atoms with Gasteiger partial charge >= 0.3 is 5.97 Å². The lowest BCUT2D eigenvalue weighted by Crippen LogP contribution is -2.06. The summed E-state index contributed by atoms with van der Waals surface area (Å²) < 4.78 is 23.8. The molecule has 0 heterocycles. The molecule has 2 rings (SSSR count). The average molecular weight is 295 g/mol. The van der Waals surface area contributed by atoms with E-state index in [1.807, 2.05) is 0 Å². The summed E-state index contributed by atoms with van der Waals surface area (Å²) in [7, 11) is 0. The third-order valence-corrected chi connectivity index (χ3v) is 2.81. The first-order chi connectivity index (χ1) is 9.61. The van der Waals surface area contributed by atoms with Crippen molar-refractivity contribution in [3.63, 3.8) is 0 Å². The number of halogens is 2. The maximum absolute atomic E-state index is 13.3. The first kappa shape index (κ1) is 14.3. The third kappa shape index (κ3) is 3.27. The Kier molecular flexibility index (Phi) is 4.58. The zero-order valence-corrected chi connectivity index (χ0v) is 11.5. The van der Waals surface area contributed by atoms with E-state index in [1.54, 1.807) is 31.2 Å². The second-order valence-corrected chi connectivity index (χ2v) is 4.30. The van der Waals surface area contributed by atoms with Crippen molar-refractivity contribution >= 4 is 17.6 Å². The Balaban J connectivity index is 2.37. The topological polar surface area (TPSA) is 35.5 Å². The minimum Gasteiger partial charge on any atom is -0.462 e. The van der Waals surface area contributed by atoms with E-state index >= 15 is 0 Å². The molecule has 0 atom stereocenters. The number of hydrogen-bond acceptors (Lipinski definition) is 3. The van der Waals surface area contributed by atoms with Gasteiger partial charge in [0.15, 0.2) is 0 Å². The number of hydrogen-bond donors (Lipinski definition) is 0. The average Bonchev–Trinajstić information content (AvgIpc) is 2.42. The summed E-state index contributed by atoms with van der Waals surface area (Å²) in [5.41, 5.74) is 0.146. The molecule has 0 bridgehead atoms. The lowest BCUT2D eigenvalue weighted by atomic mass is 10.2. The van der Waals surface area contributed by atoms with Gasteiger partial charge < -0.3 is 9.47 Å². The van der Waals surface area contributed by atoms with Crippen LogP contribution in [-0.2, 0) is 4.74 Å². The van der Waals surface area contributed by atoms with Crippen molar-refractivity contribution in [2.24, 2.45) is 0 Å². The lowest BCUT2D eigenvalue weighted by Gasteiger charge is -2.11. The Labute approximate surface area is 120 Å². The van der Waals surface area contributed by atoms with Gasteiger partial charge in [0.1, 0.15) is 22.9 Å². The lowest BCUT2D eigenvalue weighted by molar-refractivity contribution is 0.0523. The summed E-state index contributed by atoms with van der Waals surface area (Å²) in [6.45, 7) is 1.91. The van der Waals surface area contributed by atoms with Crippen LogP contribution in [0.1, 0.15) is 17.3 Å². The van der Waals surface area contributed by atoms with Gasteiger partial charge in [-0.15, -0.1) is 0 Å². The van der Waals surface area contributed by atoms with Crippen LogP contribution in [0.2, 0.25) is 5.02 Å². The normalized spacial score (nSPS) is 10.2. The third-order valence-electron chi connectivity index (χ3n) is 2.50. The Bertz CT molecular complexity index is 628. The molecule has 3 nitrogen and oxygen atoms in total. The predicted molar refractivity (Wildman–Crippen MR) is 73.9 cm³/mol. The molecule has 5 heteroatoms. The van der Waals surface area contributed by atoms with E-state index in [4.69, 9.17) is 21.1 Å². The van der Waals surface area contributed by atoms with Crippen molar-refractivity contribution in [2.45, 2.75) is 6.92 Å². The van der Waals surface area contributed by atoms with Crippen molar-refractivity contribution in [3.8, 4) is 11.5 Å². The SMILES string of the molecule is CCOC(=O)c1ccc(F)cc1Oc1ccccc1Cl. The zero-order valence-electron chi connectivity index (χ0n) is 10.7. The molecule has 0 amide bonds. The Morgan fingerprint density at radius 1 is 1.20 bits per heavy atom. The molecule has 0 aromatic heterocycles. The van der Waals surface area contributed by atoms with Crippen LogP contribution < -0.4 is 4.74 Å². The van der Waals surface area contributed by atoms with E-state index in [1.165, 1.54) is 12.1 Å². The van der Waals surface area contributed by atoms with Crippen LogP contribution in [0.15, 0.2) is 42.5 Å². The molecule has 0 saturated heterocycles. The molecule has 2 aromatic rings. The van der Waals surface area contributed by atoms with Crippen molar-refractivity contribution in [1.29, 1.82) is 0 Å². The molecular weight excluding hydrogens is 283 g/mol. The predicted octanol–water partition coefficient (Wildman–Crippen LogP) is 4.45. The van der Waals surface area contributed by atoms with Crippen LogP contribution in [-0.4, -0.2) is 12.6 Å². The van der Waals surface area contributed by atoms with Gasteiger partial charge in [0, 0.05) is 6.07 Å². The summed E-state index contributed by atoms with van der Waals surface area (Å²) in [5.74, 6) is -0.684. The van der Waals surface area contributed by atoms with Crippen LogP contribution in [0, 0.1) is 5.82 Å². The van der Waals surface area contributed by atoms with E-state index in [2.05, 4.69) is 0 Å². The molecule has 0 fully saturated rings. The number of para-hydroxylation sites is 1. The van der Waals surface area contributed by atoms with Gasteiger partial charge in [-0.1, -0.05) is 23.7 Å². The summed E-state index contributed by atoms with van der Waals surface area (Å²) in [4.78, 5) is 11.8. The molecule has 104 valence electrons. The molecule has 0 radical (unpaired) electrons. The van der Waals surface area contributed by atoms with Gasteiger partial charge in [0.2, 0.25) is 0 Å². The number of esters is 1. The smallest absolute Gasteiger partial charge is 0.341 e. The van der Waals surface area contributed by atoms with Crippen LogP contribution in [0.3, 0.4) is 0 Å². The van der Waals surface area contributed by atoms with E-state index < -0.39 is 11.8 Å². The molecular formula is C15H12ClFO3. The molecule has 0 aliphatic heterocycles. The Morgan fingerprint density at radius 3 is 2.65 bits per heavy atom. The molecule has 0 spiro atoms. The van der Waals surface area contributed by atoms with E-state index in [0.717, 1.165) is 6.07 Å². The number of ether oxygens (including phenoxy) is 2. The van der Waals surface area contributed by atoms with Crippen LogP contribution >= 0.6 is 11.6 Å². The van der Waals surface area contributed by atoms with Gasteiger partial charge in [-0.25, -0.2) is 9.18 Å². The molecule has 0 N–H and O–H groups in total. The number of carbonyl (C=O) groups excluding carboxylic acids is 1. The molecule has 20 heavy (non-hydrogen) atoms. The summed E-state index contributed by atoms with van der Waals surface area (Å²) in [6, 6.07) is 10.3. The maximum atomic E-state index is 13.3. The Morgan fingerprint density at radius 2 is 1.95 bits per heavy atom. The fraction of sp³-hybridized carbons (Fsp3) is 0.133. The molecule has 0 aliphatic rings. The second kappa shape index (κ2) is 6.39. The van der Waals surface area contributed by atoms with E-state index in [0.29, 0.717) is 10.8 Å². The minimum atomic E-state index is -0.574. The Hall–Kier alpha value is -2.07. The largest absolute Gasteiger partial charge is 0.462 e. The minimum absolute atomic E-state index is 0.0663. The molecule has 0 aliphatic carbocycles. The van der Waals surface area contributed by atoms with Gasteiger partial charge in [-0.2, -0.15) is 0 Å². The fourth-order valence-electron chi connectivity index (χ4n) is 1.60. The zero-order chi connectivity index (χ0) is 14.5.